The van der Waals surface area contributed by atoms with Crippen LogP contribution in [0.3, 0.4) is 0 Å². The summed E-state index contributed by atoms with van der Waals surface area (Å²) in [5.74, 6) is 1.02. The second-order valence-corrected chi connectivity index (χ2v) is 11.4. The molecule has 0 atom stereocenters. The zero-order chi connectivity index (χ0) is 28.9. The number of aromatic nitrogens is 3. The Morgan fingerprint density at radius 2 is 1.57 bits per heavy atom. The van der Waals surface area contributed by atoms with Crippen LogP contribution in [0.5, 0.6) is 5.75 Å². The number of carbonyl (C=O) groups is 1. The highest BCUT2D eigenvalue weighted by Crippen LogP contribution is 2.34. The molecule has 2 N–H and O–H groups in total. The lowest BCUT2D eigenvalue weighted by atomic mass is 9.90. The van der Waals surface area contributed by atoms with Crippen LogP contribution in [0, 0.1) is 6.92 Å². The van der Waals surface area contributed by atoms with Crippen molar-refractivity contribution in [3.63, 3.8) is 0 Å². The van der Waals surface area contributed by atoms with Gasteiger partial charge in [0.1, 0.15) is 5.75 Å². The number of rotatable bonds is 3. The number of hydrogen-bond donors (Lipinski definition) is 2. The number of fused-ring (bicyclic) bond motifs is 3. The summed E-state index contributed by atoms with van der Waals surface area (Å²) in [6.07, 6.45) is 8.03. The second-order valence-electron chi connectivity index (χ2n) is 11.4. The Morgan fingerprint density at radius 1 is 0.950 bits per heavy atom. The zero-order valence-corrected chi connectivity index (χ0v) is 24.3. The van der Waals surface area contributed by atoms with Crippen LogP contribution in [0.2, 0.25) is 0 Å². The average Bonchev–Trinajstić information content (AvgIpc) is 3.35. The van der Waals surface area contributed by atoms with Gasteiger partial charge in [-0.1, -0.05) is 19.1 Å². The van der Waals surface area contributed by atoms with E-state index < -0.39 is 5.60 Å². The first-order valence-electron chi connectivity index (χ1n) is 14.2. The van der Waals surface area contributed by atoms with Crippen LogP contribution in [0.4, 0.5) is 0 Å². The van der Waals surface area contributed by atoms with Crippen LogP contribution in [0.1, 0.15) is 74.9 Å². The number of ether oxygens (including phenoxy) is 1. The van der Waals surface area contributed by atoms with Crippen LogP contribution >= 0.6 is 0 Å². The van der Waals surface area contributed by atoms with E-state index >= 15 is 0 Å². The predicted molar refractivity (Wildman–Crippen MR) is 159 cm³/mol. The van der Waals surface area contributed by atoms with Crippen molar-refractivity contribution < 1.29 is 19.7 Å². The molecule has 40 heavy (non-hydrogen) atoms. The Morgan fingerprint density at radius 3 is 2.27 bits per heavy atom. The van der Waals surface area contributed by atoms with Gasteiger partial charge in [-0.15, -0.1) is 0 Å². The molecule has 2 aromatic carbocycles. The molecule has 2 aromatic heterocycles. The lowest BCUT2D eigenvalue weighted by Crippen LogP contribution is -2.10. The molecule has 2 aliphatic rings. The molecule has 4 aromatic rings. The van der Waals surface area contributed by atoms with Crippen molar-refractivity contribution in [2.45, 2.75) is 85.2 Å². The van der Waals surface area contributed by atoms with E-state index in [2.05, 4.69) is 60.8 Å². The van der Waals surface area contributed by atoms with Crippen LogP contribution in [-0.4, -0.2) is 43.5 Å². The number of aryl methyl sites for hydroxylation is 4. The van der Waals surface area contributed by atoms with Crippen molar-refractivity contribution in [3.05, 3.63) is 70.4 Å². The van der Waals surface area contributed by atoms with Crippen molar-refractivity contribution >= 4 is 12.1 Å². The van der Waals surface area contributed by atoms with Crippen molar-refractivity contribution in [1.29, 1.82) is 0 Å². The van der Waals surface area contributed by atoms with Gasteiger partial charge < -0.3 is 14.9 Å². The average molecular weight is 544 g/mol. The van der Waals surface area contributed by atoms with Crippen LogP contribution in [0.15, 0.2) is 42.5 Å². The smallest absolute Gasteiger partial charge is 0.290 e. The zero-order valence-electron chi connectivity index (χ0n) is 24.3. The van der Waals surface area contributed by atoms with E-state index in [1.54, 1.807) is 20.8 Å². The first-order chi connectivity index (χ1) is 19.1. The van der Waals surface area contributed by atoms with Gasteiger partial charge in [0.15, 0.2) is 5.65 Å². The van der Waals surface area contributed by atoms with Gasteiger partial charge in [0.05, 0.1) is 23.6 Å². The SMILES string of the molecule is CC(C)(C)O.CCc1c(C)nc2cc(-c3ccc4c(c3)CCCC4)nn2c1-c1ccc2c(c1)CCCO2.O=CO. The Bertz CT molecular complexity index is 1480. The molecule has 0 bridgehead atoms. The number of benzene rings is 2. The summed E-state index contributed by atoms with van der Waals surface area (Å²) in [5.41, 5.74) is 11.6. The van der Waals surface area contributed by atoms with Crippen LogP contribution in [-0.2, 0) is 30.5 Å². The largest absolute Gasteiger partial charge is 0.493 e. The quantitative estimate of drug-likeness (QED) is 0.282. The lowest BCUT2D eigenvalue weighted by molar-refractivity contribution is -0.122. The second kappa shape index (κ2) is 12.6. The van der Waals surface area contributed by atoms with E-state index in [9.17, 15) is 0 Å². The Hall–Kier alpha value is -3.71. The van der Waals surface area contributed by atoms with Gasteiger partial charge in [0.2, 0.25) is 0 Å². The van der Waals surface area contributed by atoms with Crippen LogP contribution < -0.4 is 4.74 Å². The molecule has 3 heterocycles. The summed E-state index contributed by atoms with van der Waals surface area (Å²) in [6, 6.07) is 15.6. The van der Waals surface area contributed by atoms with E-state index in [-0.39, 0.29) is 6.47 Å². The third-order valence-corrected chi connectivity index (χ3v) is 7.09. The highest BCUT2D eigenvalue weighted by molar-refractivity contribution is 5.73. The van der Waals surface area contributed by atoms with Crippen molar-refractivity contribution in [2.24, 2.45) is 0 Å². The fourth-order valence-electron chi connectivity index (χ4n) is 5.42. The molecule has 0 radical (unpaired) electrons. The first-order valence-corrected chi connectivity index (χ1v) is 14.2. The fraction of sp³-hybridized carbons (Fsp3) is 0.424. The van der Waals surface area contributed by atoms with E-state index in [1.807, 2.05) is 0 Å². The van der Waals surface area contributed by atoms with E-state index in [1.165, 1.54) is 59.1 Å². The third-order valence-electron chi connectivity index (χ3n) is 7.09. The predicted octanol–water partition coefficient (Wildman–Crippen LogP) is 6.62. The Labute approximate surface area is 236 Å². The summed E-state index contributed by atoms with van der Waals surface area (Å²) in [4.78, 5) is 13.3. The van der Waals surface area contributed by atoms with E-state index in [4.69, 9.17) is 29.8 Å². The molecule has 7 heteroatoms. The van der Waals surface area contributed by atoms with Gasteiger partial charge in [-0.3, -0.25) is 4.79 Å². The van der Waals surface area contributed by atoms with Crippen molar-refractivity contribution in [2.75, 3.05) is 6.61 Å². The Balaban J connectivity index is 0.000000412. The van der Waals surface area contributed by atoms with Gasteiger partial charge in [0, 0.05) is 22.9 Å². The van der Waals surface area contributed by atoms with Crippen molar-refractivity contribution in [1.82, 2.24) is 14.6 Å². The minimum atomic E-state index is -0.500. The van der Waals surface area contributed by atoms with Gasteiger partial charge in [-0.05, 0) is 119 Å². The number of nitrogens with zero attached hydrogens (tertiary/aromatic N) is 3. The molecule has 0 unspecified atom stereocenters. The number of hydrogen-bond acceptors (Lipinski definition) is 5. The summed E-state index contributed by atoms with van der Waals surface area (Å²) >= 11 is 0. The summed E-state index contributed by atoms with van der Waals surface area (Å²) in [5, 5.41) is 20.5. The van der Waals surface area contributed by atoms with Crippen molar-refractivity contribution in [3.8, 4) is 28.3 Å². The highest BCUT2D eigenvalue weighted by Gasteiger charge is 2.19. The lowest BCUT2D eigenvalue weighted by Gasteiger charge is -2.19. The maximum Gasteiger partial charge on any atom is 0.290 e. The molecule has 0 saturated heterocycles. The molecule has 0 amide bonds. The van der Waals surface area contributed by atoms with Crippen LogP contribution in [0.25, 0.3) is 28.2 Å². The number of aliphatic hydroxyl groups is 1. The van der Waals surface area contributed by atoms with Gasteiger partial charge in [-0.25, -0.2) is 9.50 Å². The Kier molecular flexibility index (Phi) is 9.25. The molecule has 1 aliphatic carbocycles. The molecule has 6 rings (SSSR count). The summed E-state index contributed by atoms with van der Waals surface area (Å²) < 4.78 is 7.92. The molecule has 0 spiro atoms. The molecule has 1 aliphatic heterocycles. The van der Waals surface area contributed by atoms with Gasteiger partial charge in [-0.2, -0.15) is 5.10 Å². The molecule has 0 fully saturated rings. The highest BCUT2D eigenvalue weighted by atomic mass is 16.5. The molecule has 212 valence electrons. The van der Waals surface area contributed by atoms with E-state index in [0.717, 1.165) is 54.3 Å². The summed E-state index contributed by atoms with van der Waals surface area (Å²) in [6.45, 7) is 10.1. The molecular weight excluding hydrogens is 502 g/mol. The van der Waals surface area contributed by atoms with E-state index in [0.29, 0.717) is 0 Å². The minimum absolute atomic E-state index is 0.250. The van der Waals surface area contributed by atoms with Gasteiger partial charge >= 0.3 is 0 Å². The molecule has 0 saturated carbocycles. The summed E-state index contributed by atoms with van der Waals surface area (Å²) in [7, 11) is 0. The fourth-order valence-corrected chi connectivity index (χ4v) is 5.42. The maximum absolute atomic E-state index is 8.52. The molecule has 7 nitrogen and oxygen atoms in total. The molecular formula is C33H41N3O4. The number of carboxylic acid groups (broad SMARTS) is 1. The first kappa shape index (κ1) is 29.3. The normalized spacial score (nSPS) is 14.1. The standard InChI is InChI=1S/C28H29N3O.C4H10O.CH2O2/c1-3-24-18(2)29-27-17-25(21-11-10-19-7-4-5-8-20(19)15-21)30-31(27)28(24)23-12-13-26-22(16-23)9-6-14-32-26;1-4(2,3)5;2-1-3/h10-13,15-17H,3-9,14H2,1-2H3;5H,1-3H3;1H,(H,2,3). The minimum Gasteiger partial charge on any atom is -0.493 e. The topological polar surface area (TPSA) is 97.0 Å². The third kappa shape index (κ3) is 6.89. The monoisotopic (exact) mass is 543 g/mol. The van der Waals surface area contributed by atoms with Gasteiger partial charge in [0.25, 0.3) is 6.47 Å². The maximum atomic E-state index is 8.52.